The minimum atomic E-state index is -0.517. The third kappa shape index (κ3) is 3.88. The summed E-state index contributed by atoms with van der Waals surface area (Å²) in [6, 6.07) is 0. The number of hydrogen-bond acceptors (Lipinski definition) is 4. The average Bonchev–Trinajstić information content (AvgIpc) is 3.15. The normalized spacial score (nSPS) is 44.9. The summed E-state index contributed by atoms with van der Waals surface area (Å²) in [5, 5.41) is 11.1. The lowest BCUT2D eigenvalue weighted by Gasteiger charge is -2.60. The van der Waals surface area contributed by atoms with Crippen molar-refractivity contribution in [2.75, 3.05) is 20.1 Å². The minimum Gasteiger partial charge on any atom is -0.391 e. The first-order chi connectivity index (χ1) is 15.7. The molecule has 0 bridgehead atoms. The Kier molecular flexibility index (Phi) is 6.20. The Balaban J connectivity index is 1.26. The molecule has 1 aliphatic heterocycles. The molecule has 4 aliphatic carbocycles. The molecule has 0 spiro atoms. The summed E-state index contributed by atoms with van der Waals surface area (Å²) < 4.78 is 0. The Labute approximate surface area is 199 Å². The van der Waals surface area contributed by atoms with Crippen molar-refractivity contribution in [2.45, 2.75) is 97.0 Å². The molecule has 0 aromatic rings. The molecule has 1 saturated heterocycles. The summed E-state index contributed by atoms with van der Waals surface area (Å²) in [7, 11) is 1.59. The van der Waals surface area contributed by atoms with Crippen molar-refractivity contribution >= 4 is 12.0 Å². The van der Waals surface area contributed by atoms with Gasteiger partial charge in [0.1, 0.15) is 0 Å². The van der Waals surface area contributed by atoms with Crippen molar-refractivity contribution in [3.05, 3.63) is 0 Å². The number of aliphatic hydroxyl groups is 1. The van der Waals surface area contributed by atoms with Crippen LogP contribution in [0.1, 0.15) is 90.9 Å². The van der Waals surface area contributed by atoms with Crippen LogP contribution in [0.25, 0.3) is 0 Å². The van der Waals surface area contributed by atoms with E-state index in [2.05, 4.69) is 13.8 Å². The standard InChI is InChI=1S/C27H44N2O4/c1-26-14-5-4-7-18(26)9-10-20-21-11-12-23(27(21,2)15-13-22(20)26)24(31)28(3)33-25(32)29-16-6-8-19(30)17-29/h18-23,30H,4-17H2,1-3H3/t18?,19?,20-,21-,22-,23?,26-,27-/m0/s1. The van der Waals surface area contributed by atoms with Gasteiger partial charge in [-0.3, -0.25) is 4.79 Å². The van der Waals surface area contributed by atoms with E-state index in [1.165, 1.54) is 54.9 Å². The molecule has 8 atom stereocenters. The Morgan fingerprint density at radius 3 is 2.48 bits per heavy atom. The van der Waals surface area contributed by atoms with Gasteiger partial charge in [0.25, 0.3) is 5.91 Å². The van der Waals surface area contributed by atoms with Gasteiger partial charge < -0.3 is 14.8 Å². The van der Waals surface area contributed by atoms with Crippen LogP contribution in [-0.2, 0) is 9.63 Å². The van der Waals surface area contributed by atoms with Gasteiger partial charge in [-0.05, 0) is 98.7 Å². The molecular weight excluding hydrogens is 416 g/mol. The maximum atomic E-state index is 13.5. The van der Waals surface area contributed by atoms with Crippen LogP contribution in [0.4, 0.5) is 4.79 Å². The second kappa shape index (κ2) is 8.73. The van der Waals surface area contributed by atoms with Gasteiger partial charge in [-0.2, -0.15) is 5.06 Å². The largest absolute Gasteiger partial charge is 0.434 e. The molecular formula is C27H44N2O4. The van der Waals surface area contributed by atoms with Crippen LogP contribution in [0.2, 0.25) is 0 Å². The van der Waals surface area contributed by atoms with Crippen molar-refractivity contribution in [3.8, 4) is 0 Å². The third-order valence-corrected chi connectivity index (χ3v) is 11.1. The van der Waals surface area contributed by atoms with E-state index >= 15 is 0 Å². The van der Waals surface area contributed by atoms with E-state index < -0.39 is 12.2 Å². The van der Waals surface area contributed by atoms with E-state index in [-0.39, 0.29) is 23.8 Å². The molecule has 3 unspecified atom stereocenters. The van der Waals surface area contributed by atoms with Gasteiger partial charge in [-0.1, -0.05) is 26.7 Å². The Bertz CT molecular complexity index is 773. The highest BCUT2D eigenvalue weighted by molar-refractivity contribution is 5.80. The predicted molar refractivity (Wildman–Crippen MR) is 126 cm³/mol. The molecule has 5 fully saturated rings. The summed E-state index contributed by atoms with van der Waals surface area (Å²) in [5.74, 6) is 3.00. The van der Waals surface area contributed by atoms with E-state index in [0.29, 0.717) is 24.3 Å². The van der Waals surface area contributed by atoms with Gasteiger partial charge in [0.15, 0.2) is 0 Å². The highest BCUT2D eigenvalue weighted by Gasteiger charge is 2.61. The zero-order valence-corrected chi connectivity index (χ0v) is 20.9. The zero-order chi connectivity index (χ0) is 23.4. The van der Waals surface area contributed by atoms with Crippen molar-refractivity contribution in [3.63, 3.8) is 0 Å². The van der Waals surface area contributed by atoms with Crippen LogP contribution in [0, 0.1) is 40.4 Å². The fourth-order valence-corrected chi connectivity index (χ4v) is 9.26. The minimum absolute atomic E-state index is 0.0120. The monoisotopic (exact) mass is 460 g/mol. The molecule has 1 N–H and O–H groups in total. The lowest BCUT2D eigenvalue weighted by molar-refractivity contribution is -0.175. The van der Waals surface area contributed by atoms with Crippen LogP contribution < -0.4 is 0 Å². The van der Waals surface area contributed by atoms with Crippen LogP contribution in [0.3, 0.4) is 0 Å². The second-order valence-corrected chi connectivity index (χ2v) is 12.5. The quantitative estimate of drug-likeness (QED) is 0.559. The summed E-state index contributed by atoms with van der Waals surface area (Å²) in [6.07, 6.45) is 13.2. The topological polar surface area (TPSA) is 70.1 Å². The van der Waals surface area contributed by atoms with E-state index in [0.717, 1.165) is 43.4 Å². The van der Waals surface area contributed by atoms with E-state index in [1.54, 1.807) is 7.05 Å². The molecule has 4 saturated carbocycles. The van der Waals surface area contributed by atoms with Gasteiger partial charge in [0.05, 0.1) is 6.10 Å². The van der Waals surface area contributed by atoms with Crippen molar-refractivity contribution < 1.29 is 19.5 Å². The fraction of sp³-hybridized carbons (Fsp3) is 0.926. The molecule has 5 rings (SSSR count). The van der Waals surface area contributed by atoms with Crippen molar-refractivity contribution in [2.24, 2.45) is 40.4 Å². The number of hydroxylamine groups is 2. The van der Waals surface area contributed by atoms with Gasteiger partial charge >= 0.3 is 6.09 Å². The second-order valence-electron chi connectivity index (χ2n) is 12.5. The van der Waals surface area contributed by atoms with Crippen LogP contribution >= 0.6 is 0 Å². The maximum absolute atomic E-state index is 13.5. The Morgan fingerprint density at radius 2 is 1.70 bits per heavy atom. The molecule has 0 radical (unpaired) electrons. The van der Waals surface area contributed by atoms with Crippen LogP contribution in [0.5, 0.6) is 0 Å². The number of aliphatic hydroxyl groups excluding tert-OH is 1. The molecule has 1 heterocycles. The number of rotatable bonds is 1. The zero-order valence-electron chi connectivity index (χ0n) is 20.9. The summed E-state index contributed by atoms with van der Waals surface area (Å²) in [5.41, 5.74) is 0.522. The summed E-state index contributed by atoms with van der Waals surface area (Å²) in [4.78, 5) is 33.1. The van der Waals surface area contributed by atoms with E-state index in [1.807, 2.05) is 0 Å². The molecule has 0 aromatic carbocycles. The number of carbonyl (C=O) groups is 2. The molecule has 186 valence electrons. The first-order valence-electron chi connectivity index (χ1n) is 13.7. The SMILES string of the molecule is CN(OC(=O)N1CCCC(O)C1)C(=O)C1CC[C@H]2[C@@H]3CCC4CCCC[C@]4(C)[C@H]3CC[C@]12C. The maximum Gasteiger partial charge on any atom is 0.434 e. The van der Waals surface area contributed by atoms with Crippen molar-refractivity contribution in [1.29, 1.82) is 0 Å². The van der Waals surface area contributed by atoms with Gasteiger partial charge in [-0.15, -0.1) is 0 Å². The average molecular weight is 461 g/mol. The van der Waals surface area contributed by atoms with Crippen LogP contribution in [-0.4, -0.2) is 53.3 Å². The molecule has 5 aliphatic rings. The number of piperidine rings is 1. The van der Waals surface area contributed by atoms with Crippen LogP contribution in [0.15, 0.2) is 0 Å². The van der Waals surface area contributed by atoms with E-state index in [4.69, 9.17) is 4.84 Å². The van der Waals surface area contributed by atoms with Gasteiger partial charge in [-0.25, -0.2) is 4.79 Å². The molecule has 0 aromatic heterocycles. The number of hydrogen-bond donors (Lipinski definition) is 1. The fourth-order valence-electron chi connectivity index (χ4n) is 9.26. The van der Waals surface area contributed by atoms with Crippen molar-refractivity contribution in [1.82, 2.24) is 9.96 Å². The highest BCUT2D eigenvalue weighted by Crippen LogP contribution is 2.67. The molecule has 33 heavy (non-hydrogen) atoms. The van der Waals surface area contributed by atoms with Gasteiger partial charge in [0.2, 0.25) is 0 Å². The molecule has 6 nitrogen and oxygen atoms in total. The number of carbonyl (C=O) groups excluding carboxylic acids is 2. The number of likely N-dealkylation sites (tertiary alicyclic amines) is 1. The van der Waals surface area contributed by atoms with Gasteiger partial charge in [0, 0.05) is 26.1 Å². The number of amides is 2. The Morgan fingerprint density at radius 1 is 0.909 bits per heavy atom. The first kappa shape index (κ1) is 23.4. The third-order valence-electron chi connectivity index (χ3n) is 11.1. The summed E-state index contributed by atoms with van der Waals surface area (Å²) >= 11 is 0. The lowest BCUT2D eigenvalue weighted by atomic mass is 9.45. The predicted octanol–water partition coefficient (Wildman–Crippen LogP) is 5.00. The molecule has 6 heteroatoms. The highest BCUT2D eigenvalue weighted by atomic mass is 16.7. The number of fused-ring (bicyclic) bond motifs is 5. The number of nitrogens with zero attached hydrogens (tertiary/aromatic N) is 2. The lowest BCUT2D eigenvalue weighted by Crippen LogP contribution is -2.54. The smallest absolute Gasteiger partial charge is 0.391 e. The molecule has 2 amide bonds. The van der Waals surface area contributed by atoms with E-state index in [9.17, 15) is 14.7 Å². The number of β-amino-alcohol motifs (C(OH)–C–C–N with tert-alkyl or cyclic N) is 1. The summed E-state index contributed by atoms with van der Waals surface area (Å²) in [6.45, 7) is 5.81. The first-order valence-corrected chi connectivity index (χ1v) is 13.7. The Hall–Kier alpha value is -1.30.